The Morgan fingerprint density at radius 3 is 2.96 bits per heavy atom. The van der Waals surface area contributed by atoms with Gasteiger partial charge in [0.2, 0.25) is 0 Å². The number of rotatable bonds is 2. The van der Waals surface area contributed by atoms with Gasteiger partial charge in [-0.05, 0) is 22.6 Å². The van der Waals surface area contributed by atoms with Crippen LogP contribution in [0.15, 0.2) is 23.7 Å². The summed E-state index contributed by atoms with van der Waals surface area (Å²) in [5.41, 5.74) is 3.03. The van der Waals surface area contributed by atoms with Crippen molar-refractivity contribution in [2.45, 2.75) is 32.3 Å². The second-order valence-corrected chi connectivity index (χ2v) is 7.89. The smallest absolute Gasteiger partial charge is 0.179 e. The number of anilines is 1. The molecule has 1 atom stereocenters. The molecule has 0 spiro atoms. The second-order valence-electron chi connectivity index (χ2n) is 7.00. The van der Waals surface area contributed by atoms with Crippen LogP contribution >= 0.6 is 11.3 Å². The Labute approximate surface area is 144 Å². The molecule has 24 heavy (non-hydrogen) atoms. The van der Waals surface area contributed by atoms with Gasteiger partial charge < -0.3 is 9.64 Å². The molecular formula is C16H20N6OS. The highest BCUT2D eigenvalue weighted by molar-refractivity contribution is 7.09. The van der Waals surface area contributed by atoms with Crippen LogP contribution < -0.4 is 4.90 Å². The van der Waals surface area contributed by atoms with Gasteiger partial charge in [-0.2, -0.15) is 4.52 Å². The van der Waals surface area contributed by atoms with Gasteiger partial charge in [0.1, 0.15) is 11.1 Å². The quantitative estimate of drug-likeness (QED) is 0.711. The molecule has 4 rings (SSSR count). The minimum Gasteiger partial charge on any atom is -0.367 e. The Morgan fingerprint density at radius 2 is 2.17 bits per heavy atom. The molecule has 1 aliphatic rings. The Bertz CT molecular complexity index is 851. The Hall–Kier alpha value is -2.06. The molecule has 126 valence electrons. The van der Waals surface area contributed by atoms with E-state index >= 15 is 0 Å². The van der Waals surface area contributed by atoms with Crippen molar-refractivity contribution < 1.29 is 4.74 Å². The van der Waals surface area contributed by atoms with Gasteiger partial charge in [0, 0.05) is 17.3 Å². The fraction of sp³-hybridized carbons (Fsp3) is 0.500. The van der Waals surface area contributed by atoms with Crippen LogP contribution in [0.25, 0.3) is 5.65 Å². The Morgan fingerprint density at radius 1 is 1.29 bits per heavy atom. The number of nitrogens with zero attached hydrogens (tertiary/aromatic N) is 6. The van der Waals surface area contributed by atoms with E-state index in [1.54, 1.807) is 15.9 Å². The number of hydrogen-bond acceptors (Lipinski definition) is 7. The molecule has 0 radical (unpaired) electrons. The zero-order valence-corrected chi connectivity index (χ0v) is 14.8. The van der Waals surface area contributed by atoms with Crippen molar-refractivity contribution in [2.24, 2.45) is 0 Å². The number of hydrogen-bond donors (Lipinski definition) is 0. The second kappa shape index (κ2) is 5.78. The SMILES string of the molecule is CC(C)(C)c1csc(C2CN(c3ccc4nnnn4c3)CCO2)n1. The molecule has 3 aromatic heterocycles. The Kier molecular flexibility index (Phi) is 3.73. The van der Waals surface area contributed by atoms with E-state index in [9.17, 15) is 0 Å². The molecule has 0 aliphatic carbocycles. The lowest BCUT2D eigenvalue weighted by atomic mass is 9.93. The molecular weight excluding hydrogens is 324 g/mol. The summed E-state index contributed by atoms with van der Waals surface area (Å²) in [4.78, 5) is 7.10. The molecule has 1 saturated heterocycles. The van der Waals surface area contributed by atoms with Crippen LogP contribution in [0.4, 0.5) is 5.69 Å². The largest absolute Gasteiger partial charge is 0.367 e. The molecule has 8 heteroatoms. The fourth-order valence-electron chi connectivity index (χ4n) is 2.73. The summed E-state index contributed by atoms with van der Waals surface area (Å²) in [7, 11) is 0. The van der Waals surface area contributed by atoms with E-state index in [2.05, 4.69) is 52.6 Å². The summed E-state index contributed by atoms with van der Waals surface area (Å²) in [5, 5.41) is 14.8. The monoisotopic (exact) mass is 344 g/mol. The third kappa shape index (κ3) is 2.87. The van der Waals surface area contributed by atoms with Crippen LogP contribution in [0.1, 0.15) is 37.6 Å². The first-order chi connectivity index (χ1) is 11.5. The number of morpholine rings is 1. The van der Waals surface area contributed by atoms with Crippen molar-refractivity contribution >= 4 is 22.7 Å². The molecule has 0 N–H and O–H groups in total. The van der Waals surface area contributed by atoms with Gasteiger partial charge in [-0.1, -0.05) is 20.8 Å². The van der Waals surface area contributed by atoms with E-state index in [4.69, 9.17) is 9.72 Å². The van der Waals surface area contributed by atoms with E-state index in [1.165, 1.54) is 0 Å². The van der Waals surface area contributed by atoms with Gasteiger partial charge in [-0.3, -0.25) is 0 Å². The van der Waals surface area contributed by atoms with E-state index in [0.717, 1.165) is 35.1 Å². The van der Waals surface area contributed by atoms with Crippen LogP contribution in [-0.4, -0.2) is 44.7 Å². The highest BCUT2D eigenvalue weighted by Gasteiger charge is 2.27. The average Bonchev–Trinajstić information content (AvgIpc) is 3.23. The molecule has 0 aromatic carbocycles. The zero-order valence-electron chi connectivity index (χ0n) is 14.0. The summed E-state index contributed by atoms with van der Waals surface area (Å²) in [6.07, 6.45) is 1.96. The maximum atomic E-state index is 5.97. The minimum absolute atomic E-state index is 0.00409. The topological polar surface area (TPSA) is 68.4 Å². The van der Waals surface area contributed by atoms with Crippen LogP contribution in [0.3, 0.4) is 0 Å². The molecule has 1 aliphatic heterocycles. The van der Waals surface area contributed by atoms with E-state index in [0.29, 0.717) is 6.61 Å². The molecule has 1 unspecified atom stereocenters. The molecule has 7 nitrogen and oxygen atoms in total. The summed E-state index contributed by atoms with van der Waals surface area (Å²) in [6, 6.07) is 3.98. The summed E-state index contributed by atoms with van der Waals surface area (Å²) < 4.78 is 7.67. The first kappa shape index (κ1) is 15.5. The van der Waals surface area contributed by atoms with Crippen LogP contribution in [-0.2, 0) is 10.2 Å². The van der Waals surface area contributed by atoms with Crippen molar-refractivity contribution in [3.05, 3.63) is 34.4 Å². The van der Waals surface area contributed by atoms with Gasteiger partial charge in [0.05, 0.1) is 30.7 Å². The molecule has 1 fully saturated rings. The van der Waals surface area contributed by atoms with Gasteiger partial charge in [0.25, 0.3) is 0 Å². The molecule has 0 bridgehead atoms. The molecule has 0 amide bonds. The fourth-order valence-corrected chi connectivity index (χ4v) is 3.81. The predicted molar refractivity (Wildman–Crippen MR) is 92.5 cm³/mol. The van der Waals surface area contributed by atoms with Crippen LogP contribution in [0.5, 0.6) is 0 Å². The highest BCUT2D eigenvalue weighted by Crippen LogP contribution is 2.31. The number of pyridine rings is 1. The van der Waals surface area contributed by atoms with Crippen molar-refractivity contribution in [3.63, 3.8) is 0 Å². The lowest BCUT2D eigenvalue weighted by Gasteiger charge is -2.33. The maximum absolute atomic E-state index is 5.97. The van der Waals surface area contributed by atoms with E-state index in [-0.39, 0.29) is 11.5 Å². The summed E-state index contributed by atoms with van der Waals surface area (Å²) in [5.74, 6) is 0. The van der Waals surface area contributed by atoms with Crippen molar-refractivity contribution in [1.82, 2.24) is 25.0 Å². The molecule has 3 aromatic rings. The number of thiazole rings is 1. The third-order valence-corrected chi connectivity index (χ3v) is 5.11. The highest BCUT2D eigenvalue weighted by atomic mass is 32.1. The van der Waals surface area contributed by atoms with Crippen molar-refractivity contribution in [1.29, 1.82) is 0 Å². The number of fused-ring (bicyclic) bond motifs is 1. The zero-order chi connectivity index (χ0) is 16.7. The first-order valence-corrected chi connectivity index (χ1v) is 8.89. The third-order valence-electron chi connectivity index (χ3n) is 4.17. The standard InChI is InChI=1S/C16H20N6OS/c1-16(2,3)13-10-24-15(17-13)12-9-21(6-7-23-12)11-4-5-14-18-19-20-22(14)8-11/h4-5,8,10,12H,6-7,9H2,1-3H3. The Balaban J connectivity index is 1.56. The molecule has 0 saturated carbocycles. The number of tetrazole rings is 1. The normalized spacial score (nSPS) is 19.1. The van der Waals surface area contributed by atoms with Gasteiger partial charge >= 0.3 is 0 Å². The first-order valence-electron chi connectivity index (χ1n) is 8.01. The van der Waals surface area contributed by atoms with Crippen molar-refractivity contribution in [3.8, 4) is 0 Å². The average molecular weight is 344 g/mol. The van der Waals surface area contributed by atoms with Gasteiger partial charge in [0.15, 0.2) is 5.65 Å². The summed E-state index contributed by atoms with van der Waals surface area (Å²) >= 11 is 1.68. The minimum atomic E-state index is 0.00409. The number of ether oxygens (including phenoxy) is 1. The van der Waals surface area contributed by atoms with Gasteiger partial charge in [-0.15, -0.1) is 16.4 Å². The van der Waals surface area contributed by atoms with E-state index in [1.807, 2.05) is 12.3 Å². The van der Waals surface area contributed by atoms with Crippen LogP contribution in [0, 0.1) is 0 Å². The van der Waals surface area contributed by atoms with Gasteiger partial charge in [-0.25, -0.2) is 4.98 Å². The van der Waals surface area contributed by atoms with E-state index < -0.39 is 0 Å². The van der Waals surface area contributed by atoms with Crippen molar-refractivity contribution in [2.75, 3.05) is 24.6 Å². The lowest BCUT2D eigenvalue weighted by Crippen LogP contribution is -2.38. The lowest BCUT2D eigenvalue weighted by molar-refractivity contribution is 0.0394. The summed E-state index contributed by atoms with van der Waals surface area (Å²) in [6.45, 7) is 8.86. The molecule has 4 heterocycles. The van der Waals surface area contributed by atoms with Crippen LogP contribution in [0.2, 0.25) is 0 Å². The predicted octanol–water partition coefficient (Wildman–Crippen LogP) is 2.46. The number of aromatic nitrogens is 5. The maximum Gasteiger partial charge on any atom is 0.179 e.